The lowest BCUT2D eigenvalue weighted by Gasteiger charge is -2.32. The van der Waals surface area contributed by atoms with Crippen LogP contribution in [0.15, 0.2) is 0 Å². The summed E-state index contributed by atoms with van der Waals surface area (Å²) in [7, 11) is 0. The van der Waals surface area contributed by atoms with Crippen molar-refractivity contribution >= 4 is 0 Å². The highest BCUT2D eigenvalue weighted by Crippen LogP contribution is 2.29. The zero-order valence-corrected chi connectivity index (χ0v) is 10.5. The predicted molar refractivity (Wildman–Crippen MR) is 66.0 cm³/mol. The van der Waals surface area contributed by atoms with Crippen molar-refractivity contribution in [1.82, 2.24) is 5.32 Å². The van der Waals surface area contributed by atoms with E-state index >= 15 is 0 Å². The molecule has 0 bridgehead atoms. The van der Waals surface area contributed by atoms with Gasteiger partial charge in [-0.25, -0.2) is 0 Å². The van der Waals surface area contributed by atoms with Crippen molar-refractivity contribution in [3.8, 4) is 0 Å². The molecular weight excluding hydrogens is 182 g/mol. The molecule has 1 nitrogen and oxygen atoms in total. The molecule has 1 heteroatoms. The molecule has 2 rings (SSSR count). The van der Waals surface area contributed by atoms with E-state index in [0.717, 1.165) is 23.9 Å². The second-order valence-corrected chi connectivity index (χ2v) is 5.97. The molecule has 2 saturated carbocycles. The van der Waals surface area contributed by atoms with Crippen LogP contribution in [0.1, 0.15) is 65.2 Å². The van der Waals surface area contributed by atoms with E-state index in [9.17, 15) is 0 Å². The Morgan fingerprint density at radius 2 is 1.73 bits per heavy atom. The van der Waals surface area contributed by atoms with E-state index in [2.05, 4.69) is 19.2 Å². The molecule has 0 saturated heterocycles. The fourth-order valence-electron chi connectivity index (χ4n) is 3.55. The summed E-state index contributed by atoms with van der Waals surface area (Å²) in [4.78, 5) is 0. The third-order valence-corrected chi connectivity index (χ3v) is 4.54. The first kappa shape index (κ1) is 11.4. The first-order valence-corrected chi connectivity index (χ1v) is 7.01. The summed E-state index contributed by atoms with van der Waals surface area (Å²) in [6, 6.07) is 1.59. The lowest BCUT2D eigenvalue weighted by molar-refractivity contribution is 0.255. The summed E-state index contributed by atoms with van der Waals surface area (Å²) >= 11 is 0. The zero-order valence-electron chi connectivity index (χ0n) is 10.5. The van der Waals surface area contributed by atoms with Crippen LogP contribution in [0.4, 0.5) is 0 Å². The number of nitrogens with one attached hydrogen (secondary N) is 1. The van der Waals surface area contributed by atoms with Gasteiger partial charge in [0.05, 0.1) is 0 Å². The second-order valence-electron chi connectivity index (χ2n) is 5.97. The van der Waals surface area contributed by atoms with Gasteiger partial charge in [-0.15, -0.1) is 0 Å². The van der Waals surface area contributed by atoms with Gasteiger partial charge in [-0.05, 0) is 44.4 Å². The van der Waals surface area contributed by atoms with Crippen LogP contribution in [-0.4, -0.2) is 12.1 Å². The Bertz CT molecular complexity index is 184. The molecule has 0 aromatic carbocycles. The fraction of sp³-hybridized carbons (Fsp3) is 1.00. The Morgan fingerprint density at radius 3 is 2.40 bits per heavy atom. The standard InChI is InChI=1S/C14H27N/c1-11-6-5-9-14(10-11)15-12(2)13-7-3-4-8-13/h11-15H,3-10H2,1-2H3. The van der Waals surface area contributed by atoms with Gasteiger partial charge in [-0.1, -0.05) is 32.6 Å². The molecule has 0 spiro atoms. The minimum atomic E-state index is 0.766. The summed E-state index contributed by atoms with van der Waals surface area (Å²) in [6.07, 6.45) is 11.6. The number of rotatable bonds is 3. The van der Waals surface area contributed by atoms with Crippen LogP contribution in [0.2, 0.25) is 0 Å². The molecule has 3 atom stereocenters. The molecule has 2 aliphatic carbocycles. The van der Waals surface area contributed by atoms with Gasteiger partial charge in [0.1, 0.15) is 0 Å². The van der Waals surface area contributed by atoms with Crippen molar-refractivity contribution in [3.63, 3.8) is 0 Å². The van der Waals surface area contributed by atoms with Gasteiger partial charge in [0, 0.05) is 12.1 Å². The van der Waals surface area contributed by atoms with Gasteiger partial charge in [-0.2, -0.15) is 0 Å². The molecule has 0 amide bonds. The molecule has 0 aromatic heterocycles. The Hall–Kier alpha value is -0.0400. The van der Waals surface area contributed by atoms with E-state index in [1.807, 2.05) is 0 Å². The average Bonchev–Trinajstić information content (AvgIpc) is 2.70. The molecular formula is C14H27N. The highest BCUT2D eigenvalue weighted by Gasteiger charge is 2.25. The molecule has 3 unspecified atom stereocenters. The summed E-state index contributed by atoms with van der Waals surface area (Å²) in [6.45, 7) is 4.82. The third kappa shape index (κ3) is 3.21. The first-order chi connectivity index (χ1) is 7.25. The summed E-state index contributed by atoms with van der Waals surface area (Å²) < 4.78 is 0. The fourth-order valence-corrected chi connectivity index (χ4v) is 3.55. The maximum absolute atomic E-state index is 3.89. The van der Waals surface area contributed by atoms with Crippen molar-refractivity contribution in [3.05, 3.63) is 0 Å². The van der Waals surface area contributed by atoms with Crippen molar-refractivity contribution in [2.45, 2.75) is 77.3 Å². The molecule has 0 aromatic rings. The topological polar surface area (TPSA) is 12.0 Å². The maximum Gasteiger partial charge on any atom is 0.00721 e. The highest BCUT2D eigenvalue weighted by molar-refractivity contribution is 4.83. The summed E-state index contributed by atoms with van der Waals surface area (Å²) in [5.74, 6) is 1.93. The second kappa shape index (κ2) is 5.34. The average molecular weight is 209 g/mol. The van der Waals surface area contributed by atoms with Crippen LogP contribution in [0.3, 0.4) is 0 Å². The van der Waals surface area contributed by atoms with Crippen LogP contribution in [0, 0.1) is 11.8 Å². The van der Waals surface area contributed by atoms with Gasteiger partial charge < -0.3 is 5.32 Å². The third-order valence-electron chi connectivity index (χ3n) is 4.54. The largest absolute Gasteiger partial charge is 0.311 e. The molecule has 0 radical (unpaired) electrons. The van der Waals surface area contributed by atoms with Gasteiger partial charge in [0.15, 0.2) is 0 Å². The molecule has 0 heterocycles. The zero-order chi connectivity index (χ0) is 10.7. The quantitative estimate of drug-likeness (QED) is 0.747. The molecule has 2 aliphatic rings. The first-order valence-electron chi connectivity index (χ1n) is 7.01. The van der Waals surface area contributed by atoms with Crippen molar-refractivity contribution < 1.29 is 0 Å². The Morgan fingerprint density at radius 1 is 1.00 bits per heavy atom. The Labute approximate surface area is 95.0 Å². The molecule has 15 heavy (non-hydrogen) atoms. The van der Waals surface area contributed by atoms with Crippen LogP contribution >= 0.6 is 0 Å². The molecule has 0 aliphatic heterocycles. The van der Waals surface area contributed by atoms with Crippen molar-refractivity contribution in [1.29, 1.82) is 0 Å². The SMILES string of the molecule is CC1CCCC(NC(C)C2CCCC2)C1. The Kier molecular flexibility index (Phi) is 4.07. The van der Waals surface area contributed by atoms with E-state index < -0.39 is 0 Å². The van der Waals surface area contributed by atoms with Crippen molar-refractivity contribution in [2.24, 2.45) is 11.8 Å². The van der Waals surface area contributed by atoms with E-state index in [-0.39, 0.29) is 0 Å². The van der Waals surface area contributed by atoms with Gasteiger partial charge in [-0.3, -0.25) is 0 Å². The lowest BCUT2D eigenvalue weighted by atomic mass is 9.86. The smallest absolute Gasteiger partial charge is 0.00721 e. The van der Waals surface area contributed by atoms with Gasteiger partial charge >= 0.3 is 0 Å². The van der Waals surface area contributed by atoms with Crippen LogP contribution in [0.5, 0.6) is 0 Å². The summed E-state index contributed by atoms with van der Waals surface area (Å²) in [5.41, 5.74) is 0. The van der Waals surface area contributed by atoms with E-state index in [0.29, 0.717) is 0 Å². The lowest BCUT2D eigenvalue weighted by Crippen LogP contribution is -2.42. The van der Waals surface area contributed by atoms with Gasteiger partial charge in [0.25, 0.3) is 0 Å². The van der Waals surface area contributed by atoms with Crippen molar-refractivity contribution in [2.75, 3.05) is 0 Å². The van der Waals surface area contributed by atoms with Crippen LogP contribution in [0.25, 0.3) is 0 Å². The predicted octanol–water partition coefficient (Wildman–Crippen LogP) is 3.73. The van der Waals surface area contributed by atoms with Crippen LogP contribution < -0.4 is 5.32 Å². The number of hydrogen-bond donors (Lipinski definition) is 1. The van der Waals surface area contributed by atoms with E-state index in [1.165, 1.54) is 51.4 Å². The van der Waals surface area contributed by atoms with E-state index in [4.69, 9.17) is 0 Å². The molecule has 88 valence electrons. The monoisotopic (exact) mass is 209 g/mol. The van der Waals surface area contributed by atoms with Gasteiger partial charge in [0.2, 0.25) is 0 Å². The van der Waals surface area contributed by atoms with E-state index in [1.54, 1.807) is 0 Å². The minimum absolute atomic E-state index is 0.766. The molecule has 2 fully saturated rings. The summed E-state index contributed by atoms with van der Waals surface area (Å²) in [5, 5.41) is 3.89. The maximum atomic E-state index is 3.89. The Balaban J connectivity index is 1.74. The number of hydrogen-bond acceptors (Lipinski definition) is 1. The normalized spacial score (nSPS) is 35.6. The highest BCUT2D eigenvalue weighted by atomic mass is 15.0. The minimum Gasteiger partial charge on any atom is -0.311 e. The molecule has 1 N–H and O–H groups in total. The van der Waals surface area contributed by atoms with Crippen LogP contribution in [-0.2, 0) is 0 Å².